The molecule has 1 amide bonds. The van der Waals surface area contributed by atoms with E-state index in [2.05, 4.69) is 0 Å². The first-order valence-corrected chi connectivity index (χ1v) is 5.70. The number of halogens is 1. The molecular weight excluding hydrogens is 221 g/mol. The summed E-state index contributed by atoms with van der Waals surface area (Å²) in [5, 5.41) is 0. The lowest BCUT2D eigenvalue weighted by molar-refractivity contribution is -0.135. The second-order valence-corrected chi connectivity index (χ2v) is 3.89. The van der Waals surface area contributed by atoms with Gasteiger partial charge >= 0.3 is 0 Å². The van der Waals surface area contributed by atoms with E-state index in [0.29, 0.717) is 12.2 Å². The summed E-state index contributed by atoms with van der Waals surface area (Å²) in [6.07, 6.45) is 0.879. The molecule has 0 unspecified atom stereocenters. The van der Waals surface area contributed by atoms with Crippen LogP contribution in [0.25, 0.3) is 0 Å². The molecule has 0 saturated heterocycles. The SMILES string of the molecule is CCCOCC(=O)N(C)Cc1ccccc1F. The number of benzene rings is 1. The van der Waals surface area contributed by atoms with Gasteiger partial charge < -0.3 is 9.64 Å². The third-order valence-electron chi connectivity index (χ3n) is 2.37. The molecule has 0 atom stereocenters. The number of amides is 1. The summed E-state index contributed by atoms with van der Waals surface area (Å²) in [7, 11) is 1.64. The Bertz CT molecular complexity index is 368. The van der Waals surface area contributed by atoms with Crippen LogP contribution in [0, 0.1) is 5.82 Å². The summed E-state index contributed by atoms with van der Waals surface area (Å²) in [5.41, 5.74) is 0.513. The zero-order valence-corrected chi connectivity index (χ0v) is 10.3. The molecular formula is C13H18FNO2. The lowest BCUT2D eigenvalue weighted by Gasteiger charge is -2.17. The molecule has 0 aliphatic carbocycles. The molecule has 0 aliphatic rings. The van der Waals surface area contributed by atoms with E-state index in [1.165, 1.54) is 11.0 Å². The molecule has 3 nitrogen and oxygen atoms in total. The minimum absolute atomic E-state index is 0.0544. The van der Waals surface area contributed by atoms with Gasteiger partial charge in [-0.25, -0.2) is 4.39 Å². The Morgan fingerprint density at radius 3 is 2.76 bits per heavy atom. The van der Waals surface area contributed by atoms with Crippen LogP contribution in [0.2, 0.25) is 0 Å². The van der Waals surface area contributed by atoms with Crippen molar-refractivity contribution in [2.45, 2.75) is 19.9 Å². The van der Waals surface area contributed by atoms with Crippen LogP contribution < -0.4 is 0 Å². The summed E-state index contributed by atoms with van der Waals surface area (Å²) >= 11 is 0. The third-order valence-corrected chi connectivity index (χ3v) is 2.37. The van der Waals surface area contributed by atoms with Gasteiger partial charge in [0.1, 0.15) is 12.4 Å². The largest absolute Gasteiger partial charge is 0.372 e. The predicted octanol–water partition coefficient (Wildman–Crippen LogP) is 2.21. The predicted molar refractivity (Wildman–Crippen MR) is 64.0 cm³/mol. The molecule has 0 saturated carbocycles. The average molecular weight is 239 g/mol. The lowest BCUT2D eigenvalue weighted by atomic mass is 10.2. The minimum Gasteiger partial charge on any atom is -0.372 e. The van der Waals surface area contributed by atoms with E-state index in [1.807, 2.05) is 6.92 Å². The molecule has 0 fully saturated rings. The van der Waals surface area contributed by atoms with Crippen molar-refractivity contribution in [1.82, 2.24) is 4.90 Å². The summed E-state index contributed by atoms with van der Waals surface area (Å²) in [5.74, 6) is -0.427. The minimum atomic E-state index is -0.290. The number of carbonyl (C=O) groups is 1. The lowest BCUT2D eigenvalue weighted by Crippen LogP contribution is -2.30. The molecule has 0 radical (unpaired) electrons. The number of hydrogen-bond acceptors (Lipinski definition) is 2. The van der Waals surface area contributed by atoms with Crippen LogP contribution in [0.3, 0.4) is 0 Å². The van der Waals surface area contributed by atoms with Crippen LogP contribution in [-0.2, 0) is 16.1 Å². The number of nitrogens with zero attached hydrogens (tertiary/aromatic N) is 1. The monoisotopic (exact) mass is 239 g/mol. The number of hydrogen-bond donors (Lipinski definition) is 0. The summed E-state index contributed by atoms with van der Waals surface area (Å²) < 4.78 is 18.5. The van der Waals surface area contributed by atoms with Gasteiger partial charge in [-0.15, -0.1) is 0 Å². The molecule has 0 aromatic heterocycles. The molecule has 0 N–H and O–H groups in total. The number of likely N-dealkylation sites (N-methyl/N-ethyl adjacent to an activating group) is 1. The van der Waals surface area contributed by atoms with Gasteiger partial charge in [0.05, 0.1) is 0 Å². The van der Waals surface area contributed by atoms with Gasteiger partial charge in [0.25, 0.3) is 0 Å². The topological polar surface area (TPSA) is 29.5 Å². The van der Waals surface area contributed by atoms with E-state index in [4.69, 9.17) is 4.74 Å². The normalized spacial score (nSPS) is 10.3. The second-order valence-electron chi connectivity index (χ2n) is 3.89. The molecule has 4 heteroatoms. The fraction of sp³-hybridized carbons (Fsp3) is 0.462. The molecule has 94 valence electrons. The summed E-state index contributed by atoms with van der Waals surface area (Å²) in [4.78, 5) is 13.1. The maximum Gasteiger partial charge on any atom is 0.248 e. The molecule has 0 spiro atoms. The van der Waals surface area contributed by atoms with E-state index in [1.54, 1.807) is 25.2 Å². The summed E-state index contributed by atoms with van der Waals surface area (Å²) in [6, 6.07) is 6.45. The first-order valence-electron chi connectivity index (χ1n) is 5.70. The van der Waals surface area contributed by atoms with E-state index in [-0.39, 0.29) is 24.9 Å². The van der Waals surface area contributed by atoms with Gasteiger partial charge in [0.2, 0.25) is 5.91 Å². The first-order chi connectivity index (χ1) is 8.15. The van der Waals surface area contributed by atoms with E-state index >= 15 is 0 Å². The Labute approximate surface area is 101 Å². The van der Waals surface area contributed by atoms with Crippen LogP contribution >= 0.6 is 0 Å². The van der Waals surface area contributed by atoms with Crippen molar-refractivity contribution in [3.8, 4) is 0 Å². The number of ether oxygens (including phenoxy) is 1. The fourth-order valence-corrected chi connectivity index (χ4v) is 1.38. The van der Waals surface area contributed by atoms with Gasteiger partial charge in [-0.1, -0.05) is 25.1 Å². The maximum atomic E-state index is 13.4. The highest BCUT2D eigenvalue weighted by molar-refractivity contribution is 5.77. The highest BCUT2D eigenvalue weighted by Crippen LogP contribution is 2.08. The van der Waals surface area contributed by atoms with Crippen molar-refractivity contribution in [3.63, 3.8) is 0 Å². The number of rotatable bonds is 6. The van der Waals surface area contributed by atoms with Gasteiger partial charge in [-0.05, 0) is 12.5 Å². The van der Waals surface area contributed by atoms with Crippen LogP contribution in [0.1, 0.15) is 18.9 Å². The van der Waals surface area contributed by atoms with Gasteiger partial charge in [0.15, 0.2) is 0 Å². The van der Waals surface area contributed by atoms with Crippen molar-refractivity contribution in [1.29, 1.82) is 0 Å². The quantitative estimate of drug-likeness (QED) is 0.712. The van der Waals surface area contributed by atoms with Gasteiger partial charge in [0, 0.05) is 25.8 Å². The Morgan fingerprint density at radius 2 is 2.12 bits per heavy atom. The van der Waals surface area contributed by atoms with Crippen LogP contribution in [0.15, 0.2) is 24.3 Å². The van der Waals surface area contributed by atoms with E-state index in [0.717, 1.165) is 6.42 Å². The molecule has 1 aromatic rings. The van der Waals surface area contributed by atoms with Crippen molar-refractivity contribution >= 4 is 5.91 Å². The molecule has 1 rings (SSSR count). The summed E-state index contributed by atoms with van der Waals surface area (Å²) in [6.45, 7) is 2.87. The zero-order valence-electron chi connectivity index (χ0n) is 10.3. The first kappa shape index (κ1) is 13.6. The standard InChI is InChI=1S/C13H18FNO2/c1-3-8-17-10-13(16)15(2)9-11-6-4-5-7-12(11)14/h4-7H,3,8-10H2,1-2H3. The van der Waals surface area contributed by atoms with Crippen molar-refractivity contribution in [3.05, 3.63) is 35.6 Å². The Balaban J connectivity index is 2.46. The van der Waals surface area contributed by atoms with Crippen LogP contribution in [0.4, 0.5) is 4.39 Å². The Morgan fingerprint density at radius 1 is 1.41 bits per heavy atom. The molecule has 0 heterocycles. The highest BCUT2D eigenvalue weighted by Gasteiger charge is 2.11. The van der Waals surface area contributed by atoms with Crippen molar-refractivity contribution in [2.24, 2.45) is 0 Å². The zero-order chi connectivity index (χ0) is 12.7. The smallest absolute Gasteiger partial charge is 0.248 e. The molecule has 1 aromatic carbocycles. The molecule has 17 heavy (non-hydrogen) atoms. The second kappa shape index (κ2) is 7.01. The molecule has 0 aliphatic heterocycles. The highest BCUT2D eigenvalue weighted by atomic mass is 19.1. The van der Waals surface area contributed by atoms with Gasteiger partial charge in [-0.3, -0.25) is 4.79 Å². The van der Waals surface area contributed by atoms with Gasteiger partial charge in [-0.2, -0.15) is 0 Å². The van der Waals surface area contributed by atoms with E-state index < -0.39 is 0 Å². The van der Waals surface area contributed by atoms with Crippen molar-refractivity contribution < 1.29 is 13.9 Å². The Hall–Kier alpha value is -1.42. The fourth-order valence-electron chi connectivity index (χ4n) is 1.38. The van der Waals surface area contributed by atoms with Crippen molar-refractivity contribution in [2.75, 3.05) is 20.3 Å². The maximum absolute atomic E-state index is 13.4. The average Bonchev–Trinajstić information content (AvgIpc) is 2.32. The number of carbonyl (C=O) groups excluding carboxylic acids is 1. The van der Waals surface area contributed by atoms with Crippen LogP contribution in [-0.4, -0.2) is 31.1 Å². The van der Waals surface area contributed by atoms with Crippen LogP contribution in [0.5, 0.6) is 0 Å². The molecule has 0 bridgehead atoms. The van der Waals surface area contributed by atoms with E-state index in [9.17, 15) is 9.18 Å². The Kier molecular flexibility index (Phi) is 5.63. The third kappa shape index (κ3) is 4.53.